The molecule has 1 aromatic carbocycles. The number of carbonyl (C=O) groups is 1. The van der Waals surface area contributed by atoms with Crippen LogP contribution in [0.15, 0.2) is 29.2 Å². The third-order valence-corrected chi connectivity index (χ3v) is 5.36. The highest BCUT2D eigenvalue weighted by Crippen LogP contribution is 2.45. The van der Waals surface area contributed by atoms with E-state index in [0.29, 0.717) is 12.2 Å². The van der Waals surface area contributed by atoms with E-state index in [0.717, 1.165) is 4.90 Å². The first kappa shape index (κ1) is 22.4. The predicted molar refractivity (Wildman–Crippen MR) is 110 cm³/mol. The summed E-state index contributed by atoms with van der Waals surface area (Å²) in [6.45, 7) is 1.63. The van der Waals surface area contributed by atoms with Gasteiger partial charge in [-0.15, -0.1) is 0 Å². The van der Waals surface area contributed by atoms with Crippen LogP contribution in [0.5, 0.6) is 0 Å². The third-order valence-electron chi connectivity index (χ3n) is 3.21. The zero-order valence-electron chi connectivity index (χ0n) is 13.8. The van der Waals surface area contributed by atoms with Crippen molar-refractivity contribution >= 4 is 87.3 Å². The van der Waals surface area contributed by atoms with Crippen molar-refractivity contribution in [1.29, 1.82) is 0 Å². The van der Waals surface area contributed by atoms with Gasteiger partial charge in [-0.05, 0) is 23.9 Å². The summed E-state index contributed by atoms with van der Waals surface area (Å²) in [5, 5.41) is -0.980. The molecule has 1 aromatic heterocycles. The molecule has 1 aliphatic rings. The maximum atomic E-state index is 11.2. The molecule has 13 heteroatoms. The average molecular weight is 524 g/mol. The van der Waals surface area contributed by atoms with Crippen molar-refractivity contribution in [2.45, 2.75) is 24.5 Å². The van der Waals surface area contributed by atoms with E-state index in [1.165, 1.54) is 18.7 Å². The minimum atomic E-state index is -1.93. The normalized spacial score (nSPS) is 19.4. The van der Waals surface area contributed by atoms with Gasteiger partial charge >= 0.3 is 5.97 Å². The van der Waals surface area contributed by atoms with Gasteiger partial charge in [0.1, 0.15) is 6.61 Å². The summed E-state index contributed by atoms with van der Waals surface area (Å²) in [6, 6.07) is 6.96. The van der Waals surface area contributed by atoms with Gasteiger partial charge in [0, 0.05) is 17.4 Å². The second kappa shape index (κ2) is 8.12. The van der Waals surface area contributed by atoms with Gasteiger partial charge in [-0.1, -0.05) is 81.7 Å². The van der Waals surface area contributed by atoms with E-state index >= 15 is 0 Å². The average Bonchev–Trinajstić information content (AvgIpc) is 3.31. The molecule has 0 radical (unpaired) electrons. The number of ether oxygens (including phenoxy) is 2. The van der Waals surface area contributed by atoms with E-state index in [-0.39, 0.29) is 17.5 Å². The van der Waals surface area contributed by atoms with Crippen molar-refractivity contribution in [3.8, 4) is 11.4 Å². The van der Waals surface area contributed by atoms with Crippen molar-refractivity contribution in [3.05, 3.63) is 35.9 Å². The highest BCUT2D eigenvalue weighted by atomic mass is 35.6. The van der Waals surface area contributed by atoms with Crippen LogP contribution >= 0.6 is 81.4 Å². The van der Waals surface area contributed by atoms with Crippen molar-refractivity contribution in [2.75, 3.05) is 6.61 Å². The van der Waals surface area contributed by atoms with Gasteiger partial charge < -0.3 is 9.47 Å². The van der Waals surface area contributed by atoms with E-state index in [4.69, 9.17) is 79.1 Å². The summed E-state index contributed by atoms with van der Waals surface area (Å²) >= 11 is 36.5. The van der Waals surface area contributed by atoms with E-state index < -0.39 is 18.7 Å². The standard InChI is InChI=1S/C15H9Cl6N3O3S/c1-7(25)27-13(6-26-13)28-9-4-2-8(3-5-9)10-22-11(14(16,17)18)24-12(23-10)15(19,20)21/h2-5H,6H2,1H3. The Morgan fingerprint density at radius 2 is 1.54 bits per heavy atom. The molecule has 0 spiro atoms. The fraction of sp³-hybridized carbons (Fsp3) is 0.333. The molecule has 6 nitrogen and oxygen atoms in total. The van der Waals surface area contributed by atoms with Crippen LogP contribution in [0, 0.1) is 0 Å². The number of aromatic nitrogens is 3. The van der Waals surface area contributed by atoms with Crippen LogP contribution in [0.1, 0.15) is 18.6 Å². The molecule has 0 aliphatic carbocycles. The number of thioether (sulfide) groups is 1. The minimum Gasteiger partial charge on any atom is -0.420 e. The lowest BCUT2D eigenvalue weighted by Crippen LogP contribution is -2.16. The monoisotopic (exact) mass is 521 g/mol. The molecular formula is C15H9Cl6N3O3S. The molecule has 1 saturated heterocycles. The first-order chi connectivity index (χ1) is 12.9. The lowest BCUT2D eigenvalue weighted by molar-refractivity contribution is -0.148. The number of hydrogen-bond donors (Lipinski definition) is 0. The van der Waals surface area contributed by atoms with Crippen molar-refractivity contribution in [3.63, 3.8) is 0 Å². The first-order valence-corrected chi connectivity index (χ1v) is 10.5. The second-order valence-corrected chi connectivity index (χ2v) is 11.4. The maximum Gasteiger partial charge on any atom is 0.305 e. The van der Waals surface area contributed by atoms with E-state index in [2.05, 4.69) is 15.0 Å². The molecular weight excluding hydrogens is 515 g/mol. The van der Waals surface area contributed by atoms with Gasteiger partial charge in [0.2, 0.25) is 7.59 Å². The Morgan fingerprint density at radius 3 is 1.93 bits per heavy atom. The predicted octanol–water partition coefficient (Wildman–Crippen LogP) is 5.53. The molecule has 1 unspecified atom stereocenters. The van der Waals surface area contributed by atoms with Crippen LogP contribution in [-0.4, -0.2) is 32.6 Å². The molecule has 2 heterocycles. The second-order valence-electron chi connectivity index (χ2n) is 5.49. The highest BCUT2D eigenvalue weighted by Gasteiger charge is 2.50. The molecule has 3 rings (SSSR count). The van der Waals surface area contributed by atoms with Crippen LogP contribution in [0.3, 0.4) is 0 Å². The smallest absolute Gasteiger partial charge is 0.305 e. The van der Waals surface area contributed by atoms with Gasteiger partial charge in [-0.25, -0.2) is 15.0 Å². The van der Waals surface area contributed by atoms with E-state index in [1.54, 1.807) is 24.3 Å². The maximum absolute atomic E-state index is 11.2. The number of nitrogens with zero attached hydrogens (tertiary/aromatic N) is 3. The van der Waals surface area contributed by atoms with Crippen molar-refractivity contribution in [1.82, 2.24) is 15.0 Å². The fourth-order valence-corrected chi connectivity index (χ4v) is 3.50. The number of hydrogen-bond acceptors (Lipinski definition) is 7. The molecule has 0 amide bonds. The highest BCUT2D eigenvalue weighted by molar-refractivity contribution is 8.00. The molecule has 0 bridgehead atoms. The molecule has 2 aromatic rings. The lowest BCUT2D eigenvalue weighted by atomic mass is 10.2. The molecule has 0 saturated carbocycles. The quantitative estimate of drug-likeness (QED) is 0.225. The summed E-state index contributed by atoms with van der Waals surface area (Å²) < 4.78 is 6.52. The summed E-state index contributed by atoms with van der Waals surface area (Å²) in [7, 11) is 0. The van der Waals surface area contributed by atoms with Crippen LogP contribution in [0.2, 0.25) is 0 Å². The Kier molecular flexibility index (Phi) is 6.50. The Hall–Kier alpha value is -0.250. The topological polar surface area (TPSA) is 77.5 Å². The zero-order chi connectivity index (χ0) is 20.7. The van der Waals surface area contributed by atoms with Crippen LogP contribution in [0.4, 0.5) is 0 Å². The molecule has 150 valence electrons. The number of alkyl halides is 6. The van der Waals surface area contributed by atoms with E-state index in [1.807, 2.05) is 0 Å². The summed E-state index contributed by atoms with van der Waals surface area (Å²) in [4.78, 5) is 24.2. The van der Waals surface area contributed by atoms with Gasteiger partial charge in [0.25, 0.3) is 5.12 Å². The van der Waals surface area contributed by atoms with Crippen LogP contribution in [0.25, 0.3) is 11.4 Å². The number of carbonyl (C=O) groups excluding carboxylic acids is 1. The Labute approximate surface area is 194 Å². The number of rotatable bonds is 4. The Balaban J connectivity index is 1.90. The third kappa shape index (κ3) is 5.67. The number of benzene rings is 1. The van der Waals surface area contributed by atoms with E-state index in [9.17, 15) is 4.79 Å². The van der Waals surface area contributed by atoms with Crippen molar-refractivity contribution < 1.29 is 14.3 Å². The Bertz CT molecular complexity index is 865. The molecule has 28 heavy (non-hydrogen) atoms. The summed E-state index contributed by atoms with van der Waals surface area (Å²) in [5.74, 6) is -0.623. The Morgan fingerprint density at radius 1 is 1.04 bits per heavy atom. The first-order valence-electron chi connectivity index (χ1n) is 7.41. The molecule has 1 aliphatic heterocycles. The number of halogens is 6. The van der Waals surface area contributed by atoms with Gasteiger partial charge in [-0.2, -0.15) is 0 Å². The van der Waals surface area contributed by atoms with Crippen LogP contribution < -0.4 is 0 Å². The lowest BCUT2D eigenvalue weighted by Gasteiger charge is -2.16. The van der Waals surface area contributed by atoms with Crippen molar-refractivity contribution in [2.24, 2.45) is 0 Å². The van der Waals surface area contributed by atoms with Crippen LogP contribution in [-0.2, 0) is 21.9 Å². The fourth-order valence-electron chi connectivity index (χ4n) is 2.03. The number of esters is 1. The summed E-state index contributed by atoms with van der Waals surface area (Å²) in [5.41, 5.74) is 0.566. The molecule has 1 fully saturated rings. The zero-order valence-corrected chi connectivity index (χ0v) is 19.1. The largest absolute Gasteiger partial charge is 0.420 e. The van der Waals surface area contributed by atoms with Gasteiger partial charge in [0.15, 0.2) is 17.5 Å². The number of epoxide rings is 1. The molecule has 0 N–H and O–H groups in total. The molecule has 1 atom stereocenters. The minimum absolute atomic E-state index is 0.159. The van der Waals surface area contributed by atoms with Gasteiger partial charge in [-0.3, -0.25) is 4.79 Å². The summed E-state index contributed by atoms with van der Waals surface area (Å²) in [6.07, 6.45) is 0. The SMILES string of the molecule is CC(=O)OC1(Sc2ccc(-c3nc(C(Cl)(Cl)Cl)nc(C(Cl)(Cl)Cl)n3)cc2)CO1. The van der Waals surface area contributed by atoms with Gasteiger partial charge in [0.05, 0.1) is 0 Å².